The molecule has 170 valence electrons. The van der Waals surface area contributed by atoms with Crippen molar-refractivity contribution in [3.05, 3.63) is 24.3 Å². The number of piperidine rings is 2. The first-order valence-electron chi connectivity index (χ1n) is 12.3. The van der Waals surface area contributed by atoms with Gasteiger partial charge in [0.15, 0.2) is 0 Å². The lowest BCUT2D eigenvalue weighted by Gasteiger charge is -2.33. The number of aryl methyl sites for hydroxylation is 1. The molecule has 31 heavy (non-hydrogen) atoms. The molecule has 4 rings (SSSR count). The Balaban J connectivity index is 1.32. The average molecular weight is 426 g/mol. The summed E-state index contributed by atoms with van der Waals surface area (Å²) in [7, 11) is 0. The number of hydrogen-bond acceptors (Lipinski definition) is 4. The fourth-order valence-electron chi connectivity index (χ4n) is 4.92. The zero-order valence-electron chi connectivity index (χ0n) is 19.4. The zero-order valence-corrected chi connectivity index (χ0v) is 19.4. The SMILES string of the molecule is CC(C)CCn1c(N2CCC(C(=O)NCCN3CCCCC3)CC2)nc2ccccc21. The number of amides is 1. The number of carbonyl (C=O) groups excluding carboxylic acids is 1. The standard InChI is InChI=1S/C25H39N5O/c1-20(2)10-18-30-23-9-5-4-8-22(23)27-25(30)29-16-11-21(12-17-29)24(31)26-13-19-28-14-6-3-7-15-28/h4-5,8-9,20-21H,3,6-7,10-19H2,1-2H3,(H,26,31). The van der Waals surface area contributed by atoms with Crippen molar-refractivity contribution in [3.63, 3.8) is 0 Å². The van der Waals surface area contributed by atoms with Crippen LogP contribution in [0.5, 0.6) is 0 Å². The molecule has 2 aliphatic rings. The molecule has 0 spiro atoms. The Labute approximate surface area is 187 Å². The third kappa shape index (κ3) is 5.59. The van der Waals surface area contributed by atoms with E-state index in [-0.39, 0.29) is 11.8 Å². The van der Waals surface area contributed by atoms with Crippen LogP contribution in [-0.4, -0.2) is 59.6 Å². The van der Waals surface area contributed by atoms with Crippen molar-refractivity contribution in [3.8, 4) is 0 Å². The van der Waals surface area contributed by atoms with Crippen LogP contribution < -0.4 is 10.2 Å². The second kappa shape index (κ2) is 10.5. The number of hydrogen-bond donors (Lipinski definition) is 1. The first-order chi connectivity index (χ1) is 15.1. The van der Waals surface area contributed by atoms with E-state index in [1.165, 1.54) is 37.9 Å². The molecule has 2 fully saturated rings. The molecule has 2 aromatic rings. The van der Waals surface area contributed by atoms with Gasteiger partial charge < -0.3 is 19.7 Å². The minimum absolute atomic E-state index is 0.131. The van der Waals surface area contributed by atoms with Crippen LogP contribution in [0, 0.1) is 11.8 Å². The number of imidazole rings is 1. The van der Waals surface area contributed by atoms with Gasteiger partial charge in [0.2, 0.25) is 11.9 Å². The number of nitrogens with one attached hydrogen (secondary N) is 1. The molecule has 1 aromatic heterocycles. The Hall–Kier alpha value is -2.08. The van der Waals surface area contributed by atoms with Crippen LogP contribution in [0.15, 0.2) is 24.3 Å². The van der Waals surface area contributed by atoms with E-state index >= 15 is 0 Å². The highest BCUT2D eigenvalue weighted by Gasteiger charge is 2.27. The Kier molecular flexibility index (Phi) is 7.49. The molecule has 1 amide bonds. The maximum absolute atomic E-state index is 12.7. The van der Waals surface area contributed by atoms with Crippen molar-refractivity contribution in [2.45, 2.75) is 58.9 Å². The van der Waals surface area contributed by atoms with Gasteiger partial charge in [0.25, 0.3) is 0 Å². The maximum Gasteiger partial charge on any atom is 0.223 e. The van der Waals surface area contributed by atoms with Crippen LogP contribution in [0.25, 0.3) is 11.0 Å². The van der Waals surface area contributed by atoms with Gasteiger partial charge in [0.05, 0.1) is 11.0 Å². The van der Waals surface area contributed by atoms with Crippen LogP contribution in [0.3, 0.4) is 0 Å². The largest absolute Gasteiger partial charge is 0.355 e. The van der Waals surface area contributed by atoms with Crippen LogP contribution in [0.1, 0.15) is 52.4 Å². The average Bonchev–Trinajstić information content (AvgIpc) is 3.17. The fraction of sp³-hybridized carbons (Fsp3) is 0.680. The topological polar surface area (TPSA) is 53.4 Å². The van der Waals surface area contributed by atoms with E-state index in [0.29, 0.717) is 5.92 Å². The Morgan fingerprint density at radius 1 is 1.06 bits per heavy atom. The number of para-hydroxylation sites is 2. The summed E-state index contributed by atoms with van der Waals surface area (Å²) in [6.07, 6.45) is 6.91. The van der Waals surface area contributed by atoms with Gasteiger partial charge in [0.1, 0.15) is 0 Å². The Morgan fingerprint density at radius 3 is 2.55 bits per heavy atom. The number of anilines is 1. The van der Waals surface area contributed by atoms with E-state index in [9.17, 15) is 4.79 Å². The number of nitrogens with zero attached hydrogens (tertiary/aromatic N) is 4. The van der Waals surface area contributed by atoms with Gasteiger partial charge in [-0.15, -0.1) is 0 Å². The number of fused-ring (bicyclic) bond motifs is 1. The summed E-state index contributed by atoms with van der Waals surface area (Å²) in [5.74, 6) is 2.11. The number of aromatic nitrogens is 2. The smallest absolute Gasteiger partial charge is 0.223 e. The minimum Gasteiger partial charge on any atom is -0.355 e. The highest BCUT2D eigenvalue weighted by Crippen LogP contribution is 2.28. The third-order valence-electron chi connectivity index (χ3n) is 6.89. The lowest BCUT2D eigenvalue weighted by Crippen LogP contribution is -2.43. The molecule has 1 N–H and O–H groups in total. The van der Waals surface area contributed by atoms with Gasteiger partial charge in [0, 0.05) is 38.6 Å². The molecular weight excluding hydrogens is 386 g/mol. The van der Waals surface area contributed by atoms with Crippen molar-refractivity contribution in [2.24, 2.45) is 11.8 Å². The zero-order chi connectivity index (χ0) is 21.6. The normalized spacial score (nSPS) is 18.7. The molecular formula is C25H39N5O. The summed E-state index contributed by atoms with van der Waals surface area (Å²) >= 11 is 0. The summed E-state index contributed by atoms with van der Waals surface area (Å²) in [6, 6.07) is 8.44. The van der Waals surface area contributed by atoms with E-state index < -0.39 is 0 Å². The predicted molar refractivity (Wildman–Crippen MR) is 127 cm³/mol. The summed E-state index contributed by atoms with van der Waals surface area (Å²) in [6.45, 7) is 11.5. The number of carbonyl (C=O) groups is 1. The molecule has 0 atom stereocenters. The molecule has 2 aliphatic heterocycles. The van der Waals surface area contributed by atoms with E-state index in [1.54, 1.807) is 0 Å². The molecule has 0 bridgehead atoms. The predicted octanol–water partition coefficient (Wildman–Crippen LogP) is 3.90. The molecule has 2 saturated heterocycles. The molecule has 6 nitrogen and oxygen atoms in total. The Bertz CT molecular complexity index is 847. The third-order valence-corrected chi connectivity index (χ3v) is 6.89. The first kappa shape index (κ1) is 22.1. The highest BCUT2D eigenvalue weighted by atomic mass is 16.1. The summed E-state index contributed by atoms with van der Waals surface area (Å²) < 4.78 is 2.38. The highest BCUT2D eigenvalue weighted by molar-refractivity contribution is 5.80. The summed E-state index contributed by atoms with van der Waals surface area (Å²) in [5.41, 5.74) is 2.29. The van der Waals surface area contributed by atoms with Crippen molar-refractivity contribution in [2.75, 3.05) is 44.2 Å². The maximum atomic E-state index is 12.7. The van der Waals surface area contributed by atoms with E-state index in [2.05, 4.69) is 57.8 Å². The molecule has 1 aromatic carbocycles. The molecule has 3 heterocycles. The van der Waals surface area contributed by atoms with Crippen molar-refractivity contribution in [1.29, 1.82) is 0 Å². The van der Waals surface area contributed by atoms with E-state index in [1.807, 2.05) is 0 Å². The van der Waals surface area contributed by atoms with Crippen LogP contribution >= 0.6 is 0 Å². The van der Waals surface area contributed by atoms with E-state index in [0.717, 1.165) is 63.5 Å². The fourth-order valence-corrected chi connectivity index (χ4v) is 4.92. The van der Waals surface area contributed by atoms with Gasteiger partial charge >= 0.3 is 0 Å². The summed E-state index contributed by atoms with van der Waals surface area (Å²) in [5, 5.41) is 3.20. The minimum atomic E-state index is 0.131. The lowest BCUT2D eigenvalue weighted by molar-refractivity contribution is -0.125. The van der Waals surface area contributed by atoms with Gasteiger partial charge in [-0.2, -0.15) is 0 Å². The van der Waals surface area contributed by atoms with Crippen molar-refractivity contribution >= 4 is 22.9 Å². The van der Waals surface area contributed by atoms with Gasteiger partial charge in [-0.3, -0.25) is 4.79 Å². The molecule has 0 saturated carbocycles. The molecule has 0 aliphatic carbocycles. The molecule has 0 unspecified atom stereocenters. The molecule has 6 heteroatoms. The summed E-state index contributed by atoms with van der Waals surface area (Å²) in [4.78, 5) is 22.5. The van der Waals surface area contributed by atoms with Crippen LogP contribution in [0.4, 0.5) is 5.95 Å². The van der Waals surface area contributed by atoms with Crippen LogP contribution in [0.2, 0.25) is 0 Å². The molecule has 0 radical (unpaired) electrons. The van der Waals surface area contributed by atoms with Crippen LogP contribution in [-0.2, 0) is 11.3 Å². The first-order valence-corrected chi connectivity index (χ1v) is 12.3. The monoisotopic (exact) mass is 425 g/mol. The second-order valence-electron chi connectivity index (χ2n) is 9.69. The van der Waals surface area contributed by atoms with Crippen molar-refractivity contribution in [1.82, 2.24) is 19.8 Å². The van der Waals surface area contributed by atoms with Gasteiger partial charge in [-0.25, -0.2) is 4.98 Å². The Morgan fingerprint density at radius 2 is 1.81 bits per heavy atom. The number of likely N-dealkylation sites (tertiary alicyclic amines) is 1. The second-order valence-corrected chi connectivity index (χ2v) is 9.69. The quantitative estimate of drug-likeness (QED) is 0.697. The lowest BCUT2D eigenvalue weighted by atomic mass is 9.96. The van der Waals surface area contributed by atoms with Gasteiger partial charge in [-0.05, 0) is 63.2 Å². The number of benzene rings is 1. The van der Waals surface area contributed by atoms with Gasteiger partial charge in [-0.1, -0.05) is 32.4 Å². The number of rotatable bonds is 8. The van der Waals surface area contributed by atoms with E-state index in [4.69, 9.17) is 4.98 Å². The van der Waals surface area contributed by atoms with Crippen molar-refractivity contribution < 1.29 is 4.79 Å².